The number of thiol groups is 1. The number of thioether (sulfide) groups is 1. The monoisotopic (exact) mass is 480 g/mol. The highest BCUT2D eigenvalue weighted by atomic mass is 32.2. The van der Waals surface area contributed by atoms with Crippen molar-refractivity contribution in [1.82, 2.24) is 16.0 Å². The van der Waals surface area contributed by atoms with Crippen LogP contribution < -0.4 is 21.7 Å². The van der Waals surface area contributed by atoms with E-state index in [1.807, 2.05) is 13.8 Å². The zero-order valence-electron chi connectivity index (χ0n) is 17.8. The number of carboxylic acid groups (broad SMARTS) is 2. The lowest BCUT2D eigenvalue weighted by atomic mass is 10.0. The Labute approximate surface area is 191 Å². The molecule has 11 nitrogen and oxygen atoms in total. The van der Waals surface area contributed by atoms with E-state index in [9.17, 15) is 29.1 Å². The Morgan fingerprint density at radius 1 is 0.935 bits per heavy atom. The molecule has 0 radical (unpaired) electrons. The van der Waals surface area contributed by atoms with E-state index in [1.54, 1.807) is 6.26 Å². The van der Waals surface area contributed by atoms with Crippen molar-refractivity contribution >= 4 is 54.1 Å². The molecule has 0 aromatic carbocycles. The van der Waals surface area contributed by atoms with E-state index in [2.05, 4.69) is 28.6 Å². The smallest absolute Gasteiger partial charge is 0.326 e. The summed E-state index contributed by atoms with van der Waals surface area (Å²) in [6.45, 7) is 3.77. The summed E-state index contributed by atoms with van der Waals surface area (Å²) in [5.74, 6) is -4.53. The van der Waals surface area contributed by atoms with Crippen LogP contribution in [0.25, 0.3) is 0 Å². The first-order valence-corrected chi connectivity index (χ1v) is 11.7. The van der Waals surface area contributed by atoms with Gasteiger partial charge in [-0.2, -0.15) is 24.4 Å². The summed E-state index contributed by atoms with van der Waals surface area (Å²) in [5, 5.41) is 25.2. The maximum absolute atomic E-state index is 12.5. The molecule has 4 atom stereocenters. The first-order valence-electron chi connectivity index (χ1n) is 9.63. The van der Waals surface area contributed by atoms with Crippen LogP contribution in [0.5, 0.6) is 0 Å². The van der Waals surface area contributed by atoms with Gasteiger partial charge in [-0.15, -0.1) is 0 Å². The second-order valence-electron chi connectivity index (χ2n) is 7.32. The van der Waals surface area contributed by atoms with Gasteiger partial charge in [0.05, 0.1) is 12.5 Å². The molecule has 7 N–H and O–H groups in total. The van der Waals surface area contributed by atoms with Gasteiger partial charge in [0.25, 0.3) is 0 Å². The first-order chi connectivity index (χ1) is 14.4. The van der Waals surface area contributed by atoms with Crippen LogP contribution >= 0.6 is 24.4 Å². The molecule has 13 heteroatoms. The minimum Gasteiger partial charge on any atom is -0.481 e. The Bertz CT molecular complexity index is 648. The predicted octanol–water partition coefficient (Wildman–Crippen LogP) is -0.944. The highest BCUT2D eigenvalue weighted by molar-refractivity contribution is 7.98. The summed E-state index contributed by atoms with van der Waals surface area (Å²) >= 11 is 5.40. The molecule has 4 unspecified atom stereocenters. The molecule has 0 rings (SSSR count). The molecular formula is C18H32N4O7S2. The Hall–Kier alpha value is -1.99. The van der Waals surface area contributed by atoms with Gasteiger partial charge in [-0.1, -0.05) is 13.8 Å². The molecule has 0 saturated heterocycles. The van der Waals surface area contributed by atoms with Crippen LogP contribution in [0.2, 0.25) is 0 Å². The summed E-state index contributed by atoms with van der Waals surface area (Å²) in [5.41, 5.74) is 5.79. The van der Waals surface area contributed by atoms with Gasteiger partial charge in [-0.25, -0.2) is 4.79 Å². The molecule has 3 amide bonds. The van der Waals surface area contributed by atoms with E-state index in [-0.39, 0.29) is 18.1 Å². The van der Waals surface area contributed by atoms with E-state index < -0.39 is 60.2 Å². The van der Waals surface area contributed by atoms with E-state index in [0.29, 0.717) is 12.2 Å². The third-order valence-electron chi connectivity index (χ3n) is 4.11. The molecule has 0 aliphatic rings. The Morgan fingerprint density at radius 2 is 1.45 bits per heavy atom. The van der Waals surface area contributed by atoms with Gasteiger partial charge in [0, 0.05) is 5.75 Å². The molecular weight excluding hydrogens is 448 g/mol. The van der Waals surface area contributed by atoms with Gasteiger partial charge in [0.2, 0.25) is 17.7 Å². The molecule has 0 aliphatic heterocycles. The Kier molecular flexibility index (Phi) is 14.0. The molecule has 31 heavy (non-hydrogen) atoms. The van der Waals surface area contributed by atoms with Crippen LogP contribution in [0.1, 0.15) is 33.1 Å². The lowest BCUT2D eigenvalue weighted by Crippen LogP contribution is -2.58. The van der Waals surface area contributed by atoms with Gasteiger partial charge in [-0.3, -0.25) is 19.2 Å². The average molecular weight is 481 g/mol. The zero-order valence-corrected chi connectivity index (χ0v) is 19.5. The number of hydrogen-bond acceptors (Lipinski definition) is 8. The molecule has 0 bridgehead atoms. The fraction of sp³-hybridized carbons (Fsp3) is 0.722. The summed E-state index contributed by atoms with van der Waals surface area (Å²) < 4.78 is 0. The minimum absolute atomic E-state index is 0.124. The second-order valence-corrected chi connectivity index (χ2v) is 8.67. The number of rotatable bonds is 15. The maximum Gasteiger partial charge on any atom is 0.326 e. The number of carbonyl (C=O) groups is 5. The number of amides is 3. The van der Waals surface area contributed by atoms with Crippen LogP contribution in [0.15, 0.2) is 0 Å². The topological polar surface area (TPSA) is 188 Å². The summed E-state index contributed by atoms with van der Waals surface area (Å²) in [4.78, 5) is 59.7. The fourth-order valence-corrected chi connectivity index (χ4v) is 3.24. The van der Waals surface area contributed by atoms with Crippen molar-refractivity contribution in [2.75, 3.05) is 17.8 Å². The standard InChI is InChI=1S/C18H32N4O7S2/c1-9(2)6-10(19)15(25)22-13(8-30)17(27)21-12(7-14(23)24)16(26)20-11(18(28)29)4-5-31-3/h9-13,30H,4-8,19H2,1-3H3,(H,20,26)(H,21,27)(H,22,25)(H,23,24)(H,28,29). The summed E-state index contributed by atoms with van der Waals surface area (Å²) in [7, 11) is 0. The van der Waals surface area contributed by atoms with E-state index in [0.717, 1.165) is 0 Å². The number of nitrogens with two attached hydrogens (primary N) is 1. The average Bonchev–Trinajstić information content (AvgIpc) is 2.66. The zero-order chi connectivity index (χ0) is 24.1. The Balaban J connectivity index is 5.23. The largest absolute Gasteiger partial charge is 0.481 e. The molecule has 178 valence electrons. The quantitative estimate of drug-likeness (QED) is 0.145. The van der Waals surface area contributed by atoms with Gasteiger partial charge in [-0.05, 0) is 30.8 Å². The van der Waals surface area contributed by atoms with Crippen molar-refractivity contribution in [1.29, 1.82) is 0 Å². The molecule has 0 aromatic heterocycles. The molecule has 0 heterocycles. The lowest BCUT2D eigenvalue weighted by molar-refractivity contribution is -0.143. The van der Waals surface area contributed by atoms with Crippen molar-refractivity contribution in [3.8, 4) is 0 Å². The molecule has 0 spiro atoms. The lowest BCUT2D eigenvalue weighted by Gasteiger charge is -2.24. The first kappa shape index (κ1) is 29.0. The predicted molar refractivity (Wildman–Crippen MR) is 120 cm³/mol. The molecule has 0 saturated carbocycles. The minimum atomic E-state index is -1.54. The molecule has 0 aromatic rings. The maximum atomic E-state index is 12.5. The summed E-state index contributed by atoms with van der Waals surface area (Å²) in [6.07, 6.45) is 1.52. The highest BCUT2D eigenvalue weighted by Crippen LogP contribution is 2.05. The number of carbonyl (C=O) groups excluding carboxylic acids is 3. The number of hydrogen-bond donors (Lipinski definition) is 7. The molecule has 0 fully saturated rings. The van der Waals surface area contributed by atoms with Gasteiger partial charge in [0.15, 0.2) is 0 Å². The third-order valence-corrected chi connectivity index (χ3v) is 5.12. The normalized spacial score (nSPS) is 14.8. The van der Waals surface area contributed by atoms with Gasteiger partial charge >= 0.3 is 11.9 Å². The fourth-order valence-electron chi connectivity index (χ4n) is 2.51. The Morgan fingerprint density at radius 3 is 1.90 bits per heavy atom. The van der Waals surface area contributed by atoms with Crippen LogP contribution in [0.4, 0.5) is 0 Å². The van der Waals surface area contributed by atoms with E-state index in [1.165, 1.54) is 11.8 Å². The SMILES string of the molecule is CSCCC(NC(=O)C(CC(=O)O)NC(=O)C(CS)NC(=O)C(N)CC(C)C)C(=O)O. The van der Waals surface area contributed by atoms with Crippen molar-refractivity contribution in [3.05, 3.63) is 0 Å². The van der Waals surface area contributed by atoms with Crippen molar-refractivity contribution in [3.63, 3.8) is 0 Å². The third kappa shape index (κ3) is 11.8. The van der Waals surface area contributed by atoms with Crippen molar-refractivity contribution in [2.45, 2.75) is 57.3 Å². The highest BCUT2D eigenvalue weighted by Gasteiger charge is 2.31. The van der Waals surface area contributed by atoms with E-state index in [4.69, 9.17) is 10.8 Å². The van der Waals surface area contributed by atoms with Crippen LogP contribution in [0, 0.1) is 5.92 Å². The van der Waals surface area contributed by atoms with Crippen LogP contribution in [-0.4, -0.2) is 81.8 Å². The number of nitrogens with one attached hydrogen (secondary N) is 3. The van der Waals surface area contributed by atoms with Crippen molar-refractivity contribution < 1.29 is 34.2 Å². The van der Waals surface area contributed by atoms with Crippen molar-refractivity contribution in [2.24, 2.45) is 11.7 Å². The second kappa shape index (κ2) is 14.9. The van der Waals surface area contributed by atoms with Gasteiger partial charge < -0.3 is 31.9 Å². The molecule has 0 aliphatic carbocycles. The van der Waals surface area contributed by atoms with Gasteiger partial charge in [0.1, 0.15) is 18.1 Å². The number of aliphatic carboxylic acids is 2. The number of carboxylic acids is 2. The van der Waals surface area contributed by atoms with Crippen LogP contribution in [-0.2, 0) is 24.0 Å². The van der Waals surface area contributed by atoms with Crippen LogP contribution in [0.3, 0.4) is 0 Å². The van der Waals surface area contributed by atoms with E-state index >= 15 is 0 Å². The summed E-state index contributed by atoms with van der Waals surface area (Å²) in [6, 6.07) is -4.78.